The van der Waals surface area contributed by atoms with Gasteiger partial charge in [0.2, 0.25) is 0 Å². The van der Waals surface area contributed by atoms with Crippen LogP contribution in [0, 0.1) is 6.92 Å². The summed E-state index contributed by atoms with van der Waals surface area (Å²) in [6.07, 6.45) is 0. The molecule has 0 radical (unpaired) electrons. The van der Waals surface area contributed by atoms with Crippen LogP contribution in [-0.4, -0.2) is 9.55 Å². The first-order valence-electron chi connectivity index (χ1n) is 6.09. The SMILES string of the molecule is Cc1cc(Br)cc(-n2c(CCl)nc3ccc(Cl)cc32)c1. The van der Waals surface area contributed by atoms with Gasteiger partial charge in [0.25, 0.3) is 0 Å². The van der Waals surface area contributed by atoms with Gasteiger partial charge in [-0.25, -0.2) is 4.98 Å². The van der Waals surface area contributed by atoms with Crippen LogP contribution in [0.25, 0.3) is 16.7 Å². The number of alkyl halides is 1. The van der Waals surface area contributed by atoms with Crippen molar-refractivity contribution >= 4 is 50.2 Å². The van der Waals surface area contributed by atoms with Crippen LogP contribution in [0.1, 0.15) is 11.4 Å². The molecule has 2 aromatic carbocycles. The molecule has 0 N–H and O–H groups in total. The third kappa shape index (κ3) is 2.46. The van der Waals surface area contributed by atoms with E-state index in [0.29, 0.717) is 10.9 Å². The van der Waals surface area contributed by atoms with Crippen molar-refractivity contribution in [2.24, 2.45) is 0 Å². The Labute approximate surface area is 135 Å². The predicted octanol–water partition coefficient (Wildman–Crippen LogP) is 5.49. The summed E-state index contributed by atoms with van der Waals surface area (Å²) in [5, 5.41) is 0.687. The van der Waals surface area contributed by atoms with Crippen LogP contribution in [0.4, 0.5) is 0 Å². The van der Waals surface area contributed by atoms with E-state index >= 15 is 0 Å². The minimum absolute atomic E-state index is 0.345. The predicted molar refractivity (Wildman–Crippen MR) is 88.1 cm³/mol. The van der Waals surface area contributed by atoms with Gasteiger partial charge in [-0.3, -0.25) is 4.57 Å². The van der Waals surface area contributed by atoms with Gasteiger partial charge in [-0.2, -0.15) is 0 Å². The maximum atomic E-state index is 6.11. The highest BCUT2D eigenvalue weighted by Gasteiger charge is 2.12. The van der Waals surface area contributed by atoms with E-state index in [0.717, 1.165) is 27.0 Å². The highest BCUT2D eigenvalue weighted by molar-refractivity contribution is 9.10. The molecule has 5 heteroatoms. The van der Waals surface area contributed by atoms with Gasteiger partial charge < -0.3 is 0 Å². The van der Waals surface area contributed by atoms with E-state index in [2.05, 4.69) is 40.0 Å². The summed E-state index contributed by atoms with van der Waals surface area (Å²) in [6.45, 7) is 2.06. The Kier molecular flexibility index (Phi) is 3.76. The number of hydrogen-bond donors (Lipinski definition) is 0. The van der Waals surface area contributed by atoms with E-state index in [1.54, 1.807) is 0 Å². The molecule has 0 atom stereocenters. The molecule has 0 amide bonds. The van der Waals surface area contributed by atoms with Gasteiger partial charge in [-0.15, -0.1) is 11.6 Å². The van der Waals surface area contributed by atoms with Crippen molar-refractivity contribution in [1.82, 2.24) is 9.55 Å². The van der Waals surface area contributed by atoms with Gasteiger partial charge in [-0.05, 0) is 48.9 Å². The average Bonchev–Trinajstić information content (AvgIpc) is 2.75. The van der Waals surface area contributed by atoms with Gasteiger partial charge in [-0.1, -0.05) is 27.5 Å². The zero-order valence-electron chi connectivity index (χ0n) is 10.7. The second-order valence-electron chi connectivity index (χ2n) is 4.62. The maximum Gasteiger partial charge on any atom is 0.129 e. The highest BCUT2D eigenvalue weighted by atomic mass is 79.9. The topological polar surface area (TPSA) is 17.8 Å². The van der Waals surface area contributed by atoms with E-state index in [1.165, 1.54) is 5.56 Å². The third-order valence-electron chi connectivity index (χ3n) is 3.09. The maximum absolute atomic E-state index is 6.11. The van der Waals surface area contributed by atoms with Crippen LogP contribution in [0.15, 0.2) is 40.9 Å². The molecule has 3 aromatic rings. The molecule has 0 bridgehead atoms. The Morgan fingerprint density at radius 2 is 2.00 bits per heavy atom. The standard InChI is InChI=1S/C15H11BrCl2N2/c1-9-4-10(16)6-12(5-9)20-14-7-11(18)2-3-13(14)19-15(20)8-17/h2-7H,8H2,1H3. The molecule has 0 spiro atoms. The molecule has 20 heavy (non-hydrogen) atoms. The number of hydrogen-bond acceptors (Lipinski definition) is 1. The molecule has 1 heterocycles. The quantitative estimate of drug-likeness (QED) is 0.546. The summed E-state index contributed by atoms with van der Waals surface area (Å²) in [5.41, 5.74) is 4.05. The van der Waals surface area contributed by atoms with Gasteiger partial charge in [0.15, 0.2) is 0 Å². The zero-order valence-corrected chi connectivity index (χ0v) is 13.8. The first-order chi connectivity index (χ1) is 9.58. The fraction of sp³-hybridized carbons (Fsp3) is 0.133. The normalized spacial score (nSPS) is 11.2. The molecule has 0 aliphatic heterocycles. The summed E-state index contributed by atoms with van der Waals surface area (Å²) in [7, 11) is 0. The number of fused-ring (bicyclic) bond motifs is 1. The van der Waals surface area contributed by atoms with Gasteiger partial charge >= 0.3 is 0 Å². The Balaban J connectivity index is 2.35. The highest BCUT2D eigenvalue weighted by Crippen LogP contribution is 2.27. The van der Waals surface area contributed by atoms with E-state index in [4.69, 9.17) is 23.2 Å². The van der Waals surface area contributed by atoms with Gasteiger partial charge in [0.05, 0.1) is 16.9 Å². The third-order valence-corrected chi connectivity index (χ3v) is 4.02. The van der Waals surface area contributed by atoms with Crippen LogP contribution >= 0.6 is 39.1 Å². The van der Waals surface area contributed by atoms with Crippen molar-refractivity contribution in [2.75, 3.05) is 0 Å². The lowest BCUT2D eigenvalue weighted by Gasteiger charge is -2.10. The zero-order chi connectivity index (χ0) is 14.3. The Morgan fingerprint density at radius 1 is 1.20 bits per heavy atom. The molecule has 0 fully saturated rings. The molecule has 0 saturated carbocycles. The fourth-order valence-electron chi connectivity index (χ4n) is 2.32. The minimum atomic E-state index is 0.345. The van der Waals surface area contributed by atoms with Crippen LogP contribution in [0.3, 0.4) is 0 Å². The van der Waals surface area contributed by atoms with Crippen molar-refractivity contribution in [3.63, 3.8) is 0 Å². The van der Waals surface area contributed by atoms with Crippen molar-refractivity contribution in [2.45, 2.75) is 12.8 Å². The van der Waals surface area contributed by atoms with E-state index < -0.39 is 0 Å². The molecule has 2 nitrogen and oxygen atoms in total. The second-order valence-corrected chi connectivity index (χ2v) is 6.24. The van der Waals surface area contributed by atoms with Crippen molar-refractivity contribution in [3.05, 3.63) is 57.3 Å². The van der Waals surface area contributed by atoms with E-state index in [1.807, 2.05) is 28.8 Å². The first kappa shape index (κ1) is 13.9. The van der Waals surface area contributed by atoms with Crippen LogP contribution < -0.4 is 0 Å². The number of halogens is 3. The minimum Gasteiger partial charge on any atom is -0.295 e. The lowest BCUT2D eigenvalue weighted by Crippen LogP contribution is -1.99. The molecular weight excluding hydrogens is 359 g/mol. The number of rotatable bonds is 2. The summed E-state index contributed by atoms with van der Waals surface area (Å²) in [5.74, 6) is 1.15. The Hall–Kier alpha value is -1.03. The van der Waals surface area contributed by atoms with Crippen LogP contribution in [0.5, 0.6) is 0 Å². The first-order valence-corrected chi connectivity index (χ1v) is 7.79. The largest absolute Gasteiger partial charge is 0.295 e. The van der Waals surface area contributed by atoms with Crippen LogP contribution in [0.2, 0.25) is 5.02 Å². The molecule has 0 aliphatic rings. The van der Waals surface area contributed by atoms with Gasteiger partial charge in [0, 0.05) is 15.2 Å². The smallest absolute Gasteiger partial charge is 0.129 e. The van der Waals surface area contributed by atoms with Gasteiger partial charge in [0.1, 0.15) is 5.82 Å². The Bertz CT molecular complexity index is 776. The van der Waals surface area contributed by atoms with Crippen LogP contribution in [-0.2, 0) is 5.88 Å². The fourth-order valence-corrected chi connectivity index (χ4v) is 3.26. The summed E-state index contributed by atoms with van der Waals surface area (Å²) in [6, 6.07) is 11.9. The van der Waals surface area contributed by atoms with Crippen molar-refractivity contribution in [1.29, 1.82) is 0 Å². The average molecular weight is 370 g/mol. The number of benzene rings is 2. The summed E-state index contributed by atoms with van der Waals surface area (Å²) in [4.78, 5) is 4.57. The number of imidazole rings is 1. The molecule has 1 aromatic heterocycles. The molecular formula is C15H11BrCl2N2. The lowest BCUT2D eigenvalue weighted by molar-refractivity contribution is 0.979. The van der Waals surface area contributed by atoms with Crippen molar-refractivity contribution in [3.8, 4) is 5.69 Å². The molecule has 3 rings (SSSR count). The van der Waals surface area contributed by atoms with E-state index in [-0.39, 0.29) is 0 Å². The molecule has 0 unspecified atom stereocenters. The molecule has 0 saturated heterocycles. The summed E-state index contributed by atoms with van der Waals surface area (Å²) >= 11 is 15.7. The molecule has 0 aliphatic carbocycles. The number of aromatic nitrogens is 2. The molecule has 102 valence electrons. The summed E-state index contributed by atoms with van der Waals surface area (Å²) < 4.78 is 3.07. The second kappa shape index (κ2) is 5.40. The Morgan fingerprint density at radius 3 is 2.70 bits per heavy atom. The monoisotopic (exact) mass is 368 g/mol. The van der Waals surface area contributed by atoms with E-state index in [9.17, 15) is 0 Å². The number of aryl methyl sites for hydroxylation is 1. The number of nitrogens with zero attached hydrogens (tertiary/aromatic N) is 2. The lowest BCUT2D eigenvalue weighted by atomic mass is 10.2. The van der Waals surface area contributed by atoms with Crippen molar-refractivity contribution < 1.29 is 0 Å².